The highest BCUT2D eigenvalue weighted by molar-refractivity contribution is 7.17. The second-order valence-electron chi connectivity index (χ2n) is 4.58. The molecule has 2 nitrogen and oxygen atoms in total. The molecule has 4 heteroatoms. The summed E-state index contributed by atoms with van der Waals surface area (Å²) in [6, 6.07) is 4.26. The largest absolute Gasteiger partial charge is 0.356 e. The van der Waals surface area contributed by atoms with Crippen LogP contribution in [0, 0.1) is 5.92 Å². The van der Waals surface area contributed by atoms with E-state index in [1.54, 1.807) is 11.3 Å². The lowest BCUT2D eigenvalue weighted by molar-refractivity contribution is 0.449. The normalized spacial score (nSPS) is 21.0. The zero-order valence-corrected chi connectivity index (χ0v) is 11.2. The standard InChI is InChI=1S/C13H15ClN2S/c14-8-10-2-1-6-16(9-10)13-11-4-7-17-12(11)3-5-15-13/h3-5,7,10H,1-2,6,8-9H2. The number of rotatable bonds is 2. The minimum atomic E-state index is 0.612. The maximum absolute atomic E-state index is 5.99. The molecule has 1 aliphatic heterocycles. The zero-order chi connectivity index (χ0) is 11.7. The summed E-state index contributed by atoms with van der Waals surface area (Å²) in [5.74, 6) is 2.51. The molecule has 17 heavy (non-hydrogen) atoms. The predicted octanol–water partition coefficient (Wildman–Crippen LogP) is 3.75. The smallest absolute Gasteiger partial charge is 0.137 e. The molecule has 90 valence electrons. The van der Waals surface area contributed by atoms with Gasteiger partial charge in [-0.2, -0.15) is 0 Å². The third-order valence-corrected chi connectivity index (χ3v) is 4.71. The number of fused-ring (bicyclic) bond motifs is 1. The highest BCUT2D eigenvalue weighted by Gasteiger charge is 2.21. The SMILES string of the molecule is ClCC1CCCN(c2nccc3sccc23)C1. The van der Waals surface area contributed by atoms with Gasteiger partial charge in [-0.1, -0.05) is 0 Å². The Morgan fingerprint density at radius 3 is 3.29 bits per heavy atom. The van der Waals surface area contributed by atoms with Crippen molar-refractivity contribution in [3.8, 4) is 0 Å². The summed E-state index contributed by atoms with van der Waals surface area (Å²) >= 11 is 7.76. The van der Waals surface area contributed by atoms with Crippen LogP contribution in [0.4, 0.5) is 5.82 Å². The summed E-state index contributed by atoms with van der Waals surface area (Å²) in [5.41, 5.74) is 0. The first-order valence-electron chi connectivity index (χ1n) is 6.01. The summed E-state index contributed by atoms with van der Waals surface area (Å²) in [6.07, 6.45) is 4.39. The van der Waals surface area contributed by atoms with Crippen LogP contribution < -0.4 is 4.90 Å². The Morgan fingerprint density at radius 1 is 1.47 bits per heavy atom. The van der Waals surface area contributed by atoms with Crippen molar-refractivity contribution < 1.29 is 0 Å². The van der Waals surface area contributed by atoms with Gasteiger partial charge < -0.3 is 4.90 Å². The Hall–Kier alpha value is -0.800. The van der Waals surface area contributed by atoms with E-state index in [0.29, 0.717) is 5.92 Å². The number of nitrogens with zero attached hydrogens (tertiary/aromatic N) is 2. The van der Waals surface area contributed by atoms with Crippen LogP contribution >= 0.6 is 22.9 Å². The molecule has 1 fully saturated rings. The van der Waals surface area contributed by atoms with Gasteiger partial charge >= 0.3 is 0 Å². The lowest BCUT2D eigenvalue weighted by Crippen LogP contribution is -2.36. The van der Waals surface area contributed by atoms with Gasteiger partial charge in [0.25, 0.3) is 0 Å². The number of thiophene rings is 1. The Kier molecular flexibility index (Phi) is 3.21. The molecule has 1 atom stereocenters. The van der Waals surface area contributed by atoms with Crippen LogP contribution in [0.1, 0.15) is 12.8 Å². The summed E-state index contributed by atoms with van der Waals surface area (Å²) in [7, 11) is 0. The van der Waals surface area contributed by atoms with Crippen molar-refractivity contribution in [1.29, 1.82) is 0 Å². The number of halogens is 1. The highest BCUT2D eigenvalue weighted by Crippen LogP contribution is 2.31. The summed E-state index contributed by atoms with van der Waals surface area (Å²) in [6.45, 7) is 2.15. The van der Waals surface area contributed by atoms with Gasteiger partial charge in [-0.15, -0.1) is 22.9 Å². The van der Waals surface area contributed by atoms with E-state index in [9.17, 15) is 0 Å². The number of hydrogen-bond donors (Lipinski definition) is 0. The molecule has 3 heterocycles. The molecule has 0 saturated carbocycles. The van der Waals surface area contributed by atoms with Gasteiger partial charge in [0, 0.05) is 35.3 Å². The van der Waals surface area contributed by atoms with Crippen molar-refractivity contribution in [3.05, 3.63) is 23.7 Å². The molecule has 0 aromatic carbocycles. The van der Waals surface area contributed by atoms with Crippen LogP contribution in [0.5, 0.6) is 0 Å². The second-order valence-corrected chi connectivity index (χ2v) is 5.83. The van der Waals surface area contributed by atoms with Crippen molar-refractivity contribution in [3.63, 3.8) is 0 Å². The molecule has 0 N–H and O–H groups in total. The molecule has 1 aliphatic rings. The molecule has 0 bridgehead atoms. The van der Waals surface area contributed by atoms with Crippen LogP contribution in [-0.4, -0.2) is 24.0 Å². The Bertz CT molecular complexity index is 511. The first-order chi connectivity index (χ1) is 8.38. The number of pyridine rings is 1. The van der Waals surface area contributed by atoms with Crippen LogP contribution in [0.25, 0.3) is 10.1 Å². The van der Waals surface area contributed by atoms with Gasteiger partial charge in [0.2, 0.25) is 0 Å². The third-order valence-electron chi connectivity index (χ3n) is 3.40. The predicted molar refractivity (Wildman–Crippen MR) is 75.3 cm³/mol. The summed E-state index contributed by atoms with van der Waals surface area (Å²) in [4.78, 5) is 6.96. The number of piperidine rings is 1. The molecule has 0 radical (unpaired) electrons. The van der Waals surface area contributed by atoms with E-state index in [2.05, 4.69) is 27.4 Å². The summed E-state index contributed by atoms with van der Waals surface area (Å²) in [5, 5.41) is 3.42. The first kappa shape index (κ1) is 11.3. The van der Waals surface area contributed by atoms with Gasteiger partial charge in [0.05, 0.1) is 0 Å². The fourth-order valence-electron chi connectivity index (χ4n) is 2.52. The van der Waals surface area contributed by atoms with E-state index in [4.69, 9.17) is 11.6 Å². The van der Waals surface area contributed by atoms with Gasteiger partial charge in [-0.25, -0.2) is 4.98 Å². The van der Waals surface area contributed by atoms with E-state index < -0.39 is 0 Å². The number of alkyl halides is 1. The van der Waals surface area contributed by atoms with E-state index in [1.165, 1.54) is 22.9 Å². The fraction of sp³-hybridized carbons (Fsp3) is 0.462. The fourth-order valence-corrected chi connectivity index (χ4v) is 3.54. The monoisotopic (exact) mass is 266 g/mol. The Labute approximate surface area is 110 Å². The van der Waals surface area contributed by atoms with E-state index in [0.717, 1.165) is 24.8 Å². The number of aromatic nitrogens is 1. The minimum Gasteiger partial charge on any atom is -0.356 e. The molecule has 2 aromatic rings. The molecule has 3 rings (SSSR count). The Morgan fingerprint density at radius 2 is 2.41 bits per heavy atom. The number of hydrogen-bond acceptors (Lipinski definition) is 3. The van der Waals surface area contributed by atoms with Crippen molar-refractivity contribution in [1.82, 2.24) is 4.98 Å². The quantitative estimate of drug-likeness (QED) is 0.770. The van der Waals surface area contributed by atoms with Crippen molar-refractivity contribution in [2.24, 2.45) is 5.92 Å². The van der Waals surface area contributed by atoms with E-state index in [1.807, 2.05) is 6.20 Å². The lowest BCUT2D eigenvalue weighted by Gasteiger charge is -2.33. The van der Waals surface area contributed by atoms with Crippen molar-refractivity contribution in [2.75, 3.05) is 23.9 Å². The van der Waals surface area contributed by atoms with Crippen LogP contribution in [0.15, 0.2) is 23.7 Å². The molecule has 2 aromatic heterocycles. The van der Waals surface area contributed by atoms with E-state index >= 15 is 0 Å². The average molecular weight is 267 g/mol. The molecule has 0 aliphatic carbocycles. The minimum absolute atomic E-state index is 0.612. The Balaban J connectivity index is 1.94. The van der Waals surface area contributed by atoms with Gasteiger partial charge in [-0.3, -0.25) is 0 Å². The maximum Gasteiger partial charge on any atom is 0.137 e. The second kappa shape index (κ2) is 4.83. The number of anilines is 1. The third kappa shape index (κ3) is 2.14. The highest BCUT2D eigenvalue weighted by atomic mass is 35.5. The summed E-state index contributed by atoms with van der Waals surface area (Å²) < 4.78 is 1.32. The lowest BCUT2D eigenvalue weighted by atomic mass is 10.00. The van der Waals surface area contributed by atoms with Crippen molar-refractivity contribution >= 4 is 38.8 Å². The van der Waals surface area contributed by atoms with Crippen LogP contribution in [0.3, 0.4) is 0 Å². The van der Waals surface area contributed by atoms with Crippen LogP contribution in [-0.2, 0) is 0 Å². The molecule has 0 amide bonds. The van der Waals surface area contributed by atoms with Gasteiger partial charge in [-0.05, 0) is 36.3 Å². The van der Waals surface area contributed by atoms with Crippen LogP contribution in [0.2, 0.25) is 0 Å². The molecule has 1 unspecified atom stereocenters. The maximum atomic E-state index is 5.99. The van der Waals surface area contributed by atoms with Gasteiger partial charge in [0.1, 0.15) is 5.82 Å². The molecule has 0 spiro atoms. The first-order valence-corrected chi connectivity index (χ1v) is 7.43. The molecular formula is C13H15ClN2S. The van der Waals surface area contributed by atoms with E-state index in [-0.39, 0.29) is 0 Å². The molecular weight excluding hydrogens is 252 g/mol. The average Bonchev–Trinajstić information content (AvgIpc) is 2.87. The molecule has 1 saturated heterocycles. The van der Waals surface area contributed by atoms with Crippen molar-refractivity contribution in [2.45, 2.75) is 12.8 Å². The topological polar surface area (TPSA) is 16.1 Å². The van der Waals surface area contributed by atoms with Gasteiger partial charge in [0.15, 0.2) is 0 Å². The zero-order valence-electron chi connectivity index (χ0n) is 9.60.